The number of fused-ring (bicyclic) bond motifs is 1. The third-order valence-corrected chi connectivity index (χ3v) is 4.81. The second-order valence-electron chi connectivity index (χ2n) is 7.03. The number of benzene rings is 2. The van der Waals surface area contributed by atoms with Gasteiger partial charge in [0.2, 0.25) is 5.78 Å². The zero-order valence-electron chi connectivity index (χ0n) is 17.0. The van der Waals surface area contributed by atoms with Gasteiger partial charge >= 0.3 is 11.7 Å². The summed E-state index contributed by atoms with van der Waals surface area (Å²) < 4.78 is 6.14. The van der Waals surface area contributed by atoms with Gasteiger partial charge in [0.15, 0.2) is 0 Å². The number of ether oxygens (including phenoxy) is 1. The zero-order chi connectivity index (χ0) is 21.8. The fraction of sp³-hybridized carbons (Fsp3) is 0.217. The molecule has 0 radical (unpaired) electrons. The predicted molar refractivity (Wildman–Crippen MR) is 114 cm³/mol. The summed E-state index contributed by atoms with van der Waals surface area (Å²) in [6.45, 7) is 4.71. The number of carbonyl (C=O) groups is 2. The first-order valence-electron chi connectivity index (χ1n) is 9.44. The van der Waals surface area contributed by atoms with Gasteiger partial charge in [-0.3, -0.25) is 23.9 Å². The van der Waals surface area contributed by atoms with Gasteiger partial charge in [-0.2, -0.15) is 0 Å². The van der Waals surface area contributed by atoms with E-state index in [1.165, 1.54) is 18.4 Å². The van der Waals surface area contributed by atoms with Crippen LogP contribution in [0.25, 0.3) is 10.8 Å². The molecule has 7 nitrogen and oxygen atoms in total. The number of esters is 1. The molecule has 0 aliphatic carbocycles. The van der Waals surface area contributed by atoms with Crippen LogP contribution in [0.3, 0.4) is 0 Å². The lowest BCUT2D eigenvalue weighted by Crippen LogP contribution is -2.36. The van der Waals surface area contributed by atoms with Crippen molar-refractivity contribution in [2.75, 3.05) is 6.61 Å². The van der Waals surface area contributed by atoms with Crippen molar-refractivity contribution in [3.63, 3.8) is 0 Å². The fourth-order valence-electron chi connectivity index (χ4n) is 3.28. The molecule has 1 aromatic heterocycles. The molecule has 2 aromatic carbocycles. The summed E-state index contributed by atoms with van der Waals surface area (Å²) in [5, 5.41) is 1.63. The maximum Gasteiger partial charge on any atom is 0.329 e. The third-order valence-electron chi connectivity index (χ3n) is 4.81. The van der Waals surface area contributed by atoms with Crippen LogP contribution >= 0.6 is 0 Å². The van der Waals surface area contributed by atoms with Crippen molar-refractivity contribution >= 4 is 22.5 Å². The molecule has 3 rings (SSSR count). The normalized spacial score (nSPS) is 11.5. The number of aromatic nitrogens is 2. The lowest BCUT2D eigenvalue weighted by Gasteiger charge is -2.15. The van der Waals surface area contributed by atoms with Gasteiger partial charge in [-0.05, 0) is 30.7 Å². The lowest BCUT2D eigenvalue weighted by atomic mass is 9.98. The average molecular weight is 406 g/mol. The summed E-state index contributed by atoms with van der Waals surface area (Å²) in [4.78, 5) is 51.5. The van der Waals surface area contributed by atoms with Gasteiger partial charge in [0.25, 0.3) is 5.56 Å². The predicted octanol–water partition coefficient (Wildman–Crippen LogP) is 2.74. The molecule has 3 aromatic rings. The summed E-state index contributed by atoms with van der Waals surface area (Å²) in [5.74, 6) is -0.816. The third kappa shape index (κ3) is 4.30. The van der Waals surface area contributed by atoms with E-state index < -0.39 is 23.0 Å². The first-order chi connectivity index (χ1) is 14.3. The smallest absolute Gasteiger partial charge is 0.329 e. The maximum atomic E-state index is 13.5. The van der Waals surface area contributed by atoms with E-state index in [4.69, 9.17) is 4.74 Å². The average Bonchev–Trinajstić information content (AvgIpc) is 2.71. The van der Waals surface area contributed by atoms with Gasteiger partial charge in [0.05, 0.1) is 0 Å². The number of hydrogen-bond acceptors (Lipinski definition) is 5. The molecular weight excluding hydrogens is 384 g/mol. The molecule has 0 saturated carbocycles. The van der Waals surface area contributed by atoms with E-state index in [2.05, 4.69) is 4.98 Å². The minimum absolute atomic E-state index is 0.0420. The largest absolute Gasteiger partial charge is 0.462 e. The number of H-pyrrole nitrogens is 1. The van der Waals surface area contributed by atoms with Gasteiger partial charge in [-0.1, -0.05) is 48.0 Å². The van der Waals surface area contributed by atoms with Crippen molar-refractivity contribution in [2.24, 2.45) is 0 Å². The fourth-order valence-corrected chi connectivity index (χ4v) is 3.28. The van der Waals surface area contributed by atoms with Gasteiger partial charge in [-0.25, -0.2) is 4.79 Å². The SMILES string of the molecule is CC(=O)OCC=C(C)Cn1c(C(=O)c2cccc3ccccc23)c(C)c(=O)[nH]c1=O. The van der Waals surface area contributed by atoms with E-state index in [0.29, 0.717) is 11.1 Å². The second-order valence-corrected chi connectivity index (χ2v) is 7.03. The van der Waals surface area contributed by atoms with Crippen molar-refractivity contribution in [3.05, 3.63) is 91.8 Å². The number of nitrogens with zero attached hydrogens (tertiary/aromatic N) is 1. The van der Waals surface area contributed by atoms with Crippen LogP contribution in [-0.4, -0.2) is 27.9 Å². The Kier molecular flexibility index (Phi) is 6.11. The summed E-state index contributed by atoms with van der Waals surface area (Å²) in [6, 6.07) is 12.8. The van der Waals surface area contributed by atoms with E-state index in [1.807, 2.05) is 30.3 Å². The van der Waals surface area contributed by atoms with Crippen molar-refractivity contribution in [1.82, 2.24) is 9.55 Å². The van der Waals surface area contributed by atoms with Gasteiger partial charge in [-0.15, -0.1) is 0 Å². The summed E-state index contributed by atoms with van der Waals surface area (Å²) in [7, 11) is 0. The lowest BCUT2D eigenvalue weighted by molar-refractivity contribution is -0.139. The molecule has 1 N–H and O–H groups in total. The van der Waals surface area contributed by atoms with Crippen LogP contribution in [0.15, 0.2) is 63.7 Å². The van der Waals surface area contributed by atoms with Crippen LogP contribution in [-0.2, 0) is 16.1 Å². The molecule has 0 saturated heterocycles. The van der Waals surface area contributed by atoms with Crippen LogP contribution < -0.4 is 11.2 Å². The van der Waals surface area contributed by atoms with E-state index in [0.717, 1.165) is 10.8 Å². The van der Waals surface area contributed by atoms with Crippen molar-refractivity contribution < 1.29 is 14.3 Å². The van der Waals surface area contributed by atoms with Crippen molar-refractivity contribution in [2.45, 2.75) is 27.3 Å². The van der Waals surface area contributed by atoms with Crippen molar-refractivity contribution in [1.29, 1.82) is 0 Å². The molecule has 0 atom stereocenters. The first-order valence-corrected chi connectivity index (χ1v) is 9.44. The minimum atomic E-state index is -0.672. The van der Waals surface area contributed by atoms with Crippen LogP contribution in [0.2, 0.25) is 0 Å². The Morgan fingerprint density at radius 3 is 2.50 bits per heavy atom. The van der Waals surface area contributed by atoms with Crippen LogP contribution in [0.5, 0.6) is 0 Å². The number of aromatic amines is 1. The molecule has 0 fully saturated rings. The maximum absolute atomic E-state index is 13.5. The number of allylic oxidation sites excluding steroid dienone is 1. The zero-order valence-corrected chi connectivity index (χ0v) is 17.0. The Balaban J connectivity index is 2.12. The number of hydrogen-bond donors (Lipinski definition) is 1. The quantitative estimate of drug-likeness (QED) is 0.386. The molecule has 154 valence electrons. The van der Waals surface area contributed by atoms with E-state index in [1.54, 1.807) is 25.1 Å². The Labute approximate surface area is 172 Å². The Hall–Kier alpha value is -3.74. The van der Waals surface area contributed by atoms with Crippen molar-refractivity contribution in [3.8, 4) is 0 Å². The van der Waals surface area contributed by atoms with Gasteiger partial charge in [0, 0.05) is 24.6 Å². The molecule has 0 bridgehead atoms. The standard InChI is InChI=1S/C23H22N2O5/c1-14(11-12-30-16(3)26)13-25-20(15(2)22(28)24-23(25)29)21(27)19-10-6-8-17-7-4-5-9-18(17)19/h4-11H,12-13H2,1-3H3,(H,24,28,29). The van der Waals surface area contributed by atoms with Crippen LogP contribution in [0.1, 0.15) is 35.5 Å². The highest BCUT2D eigenvalue weighted by Gasteiger charge is 2.21. The topological polar surface area (TPSA) is 98.2 Å². The summed E-state index contributed by atoms with van der Waals surface area (Å²) in [5.41, 5.74) is 0.0599. The van der Waals surface area contributed by atoms with E-state index >= 15 is 0 Å². The number of ketones is 1. The molecule has 0 aliphatic heterocycles. The molecule has 30 heavy (non-hydrogen) atoms. The highest BCUT2D eigenvalue weighted by molar-refractivity contribution is 6.16. The number of rotatable bonds is 6. The molecule has 1 heterocycles. The Morgan fingerprint density at radius 1 is 1.07 bits per heavy atom. The number of carbonyl (C=O) groups excluding carboxylic acids is 2. The first kappa shape index (κ1) is 21.0. The van der Waals surface area contributed by atoms with Crippen LogP contribution in [0, 0.1) is 6.92 Å². The molecule has 0 amide bonds. The molecule has 0 unspecified atom stereocenters. The van der Waals surface area contributed by atoms with E-state index in [9.17, 15) is 19.2 Å². The molecule has 0 spiro atoms. The van der Waals surface area contributed by atoms with Crippen LogP contribution in [0.4, 0.5) is 0 Å². The number of nitrogens with one attached hydrogen (secondary N) is 1. The second kappa shape index (κ2) is 8.73. The van der Waals surface area contributed by atoms with E-state index in [-0.39, 0.29) is 24.4 Å². The van der Waals surface area contributed by atoms with Gasteiger partial charge in [0.1, 0.15) is 12.3 Å². The highest BCUT2D eigenvalue weighted by Crippen LogP contribution is 2.22. The van der Waals surface area contributed by atoms with Gasteiger partial charge < -0.3 is 4.74 Å². The summed E-state index contributed by atoms with van der Waals surface area (Å²) in [6.07, 6.45) is 1.65. The monoisotopic (exact) mass is 406 g/mol. The molecular formula is C23H22N2O5. The minimum Gasteiger partial charge on any atom is -0.462 e. The Bertz CT molecular complexity index is 1280. The summed E-state index contributed by atoms with van der Waals surface area (Å²) >= 11 is 0. The highest BCUT2D eigenvalue weighted by atomic mass is 16.5. The Morgan fingerprint density at radius 2 is 1.77 bits per heavy atom. The molecule has 0 aliphatic rings. The molecule has 7 heteroatoms.